The van der Waals surface area contributed by atoms with Gasteiger partial charge in [0.05, 0.1) is 5.69 Å². The molecule has 6 heteroatoms. The van der Waals surface area contributed by atoms with Crippen molar-refractivity contribution in [2.75, 3.05) is 10.6 Å². The van der Waals surface area contributed by atoms with E-state index in [2.05, 4.69) is 10.6 Å². The molecule has 0 aliphatic carbocycles. The van der Waals surface area contributed by atoms with E-state index in [4.69, 9.17) is 23.8 Å². The van der Waals surface area contributed by atoms with Gasteiger partial charge >= 0.3 is 0 Å². The van der Waals surface area contributed by atoms with E-state index in [1.54, 1.807) is 25.1 Å². The molecule has 0 atom stereocenters. The summed E-state index contributed by atoms with van der Waals surface area (Å²) in [5.41, 5.74) is 1.22. The van der Waals surface area contributed by atoms with Crippen LogP contribution in [-0.2, 0) is 0 Å². The van der Waals surface area contributed by atoms with Gasteiger partial charge in [0.1, 0.15) is 11.6 Å². The van der Waals surface area contributed by atoms with Gasteiger partial charge in [0.2, 0.25) is 0 Å². The lowest BCUT2D eigenvalue weighted by Crippen LogP contribution is -2.19. The Balaban J connectivity index is 2.07. The average molecular weight is 313 g/mol. The van der Waals surface area contributed by atoms with E-state index in [1.807, 2.05) is 0 Å². The van der Waals surface area contributed by atoms with Gasteiger partial charge in [-0.2, -0.15) is 0 Å². The number of halogens is 3. The Morgan fingerprint density at radius 3 is 2.45 bits per heavy atom. The van der Waals surface area contributed by atoms with Crippen LogP contribution in [0.15, 0.2) is 36.4 Å². The van der Waals surface area contributed by atoms with Gasteiger partial charge in [0, 0.05) is 10.7 Å². The van der Waals surface area contributed by atoms with Crippen LogP contribution in [0, 0.1) is 18.6 Å². The fourth-order valence-electron chi connectivity index (χ4n) is 1.55. The summed E-state index contributed by atoms with van der Waals surface area (Å²) in [6, 6.07) is 8.83. The minimum absolute atomic E-state index is 0.162. The molecule has 2 N–H and O–H groups in total. The second-order valence-electron chi connectivity index (χ2n) is 4.17. The summed E-state index contributed by atoms with van der Waals surface area (Å²) in [6.07, 6.45) is 0. The fraction of sp³-hybridized carbons (Fsp3) is 0.0714. The molecule has 2 nitrogen and oxygen atoms in total. The van der Waals surface area contributed by atoms with Gasteiger partial charge in [-0.1, -0.05) is 17.7 Å². The summed E-state index contributed by atoms with van der Waals surface area (Å²) < 4.78 is 27.0. The first-order valence-electron chi connectivity index (χ1n) is 5.75. The van der Waals surface area contributed by atoms with E-state index in [1.165, 1.54) is 18.2 Å². The summed E-state index contributed by atoms with van der Waals surface area (Å²) in [7, 11) is 0. The molecule has 2 aromatic carbocycles. The first kappa shape index (κ1) is 14.7. The number of benzene rings is 2. The third kappa shape index (κ3) is 3.65. The molecule has 0 bridgehead atoms. The van der Waals surface area contributed by atoms with E-state index in [0.29, 0.717) is 16.3 Å². The van der Waals surface area contributed by atoms with Crippen LogP contribution in [0.1, 0.15) is 5.56 Å². The Hall–Kier alpha value is -1.72. The summed E-state index contributed by atoms with van der Waals surface area (Å²) in [6.45, 7) is 1.67. The molecule has 0 aliphatic rings. The maximum atomic E-state index is 13.6. The summed E-state index contributed by atoms with van der Waals surface area (Å²) in [5.74, 6) is -0.854. The van der Waals surface area contributed by atoms with Crippen molar-refractivity contribution in [3.8, 4) is 0 Å². The summed E-state index contributed by atoms with van der Waals surface area (Å²) in [5, 5.41) is 5.93. The fourth-order valence-corrected chi connectivity index (χ4v) is 1.93. The van der Waals surface area contributed by atoms with Crippen LogP contribution in [0.3, 0.4) is 0 Å². The Morgan fingerprint density at radius 1 is 1.05 bits per heavy atom. The number of rotatable bonds is 2. The first-order chi connectivity index (χ1) is 9.45. The van der Waals surface area contributed by atoms with Crippen molar-refractivity contribution in [2.24, 2.45) is 0 Å². The molecule has 0 fully saturated rings. The van der Waals surface area contributed by atoms with E-state index in [9.17, 15) is 8.78 Å². The molecule has 0 saturated heterocycles. The largest absolute Gasteiger partial charge is 0.332 e. The van der Waals surface area contributed by atoms with Crippen LogP contribution in [0.5, 0.6) is 0 Å². The lowest BCUT2D eigenvalue weighted by molar-refractivity contribution is 0.619. The number of hydrogen-bond donors (Lipinski definition) is 2. The highest BCUT2D eigenvalue weighted by Gasteiger charge is 2.06. The molecule has 0 aromatic heterocycles. The number of nitrogens with one attached hydrogen (secondary N) is 2. The van der Waals surface area contributed by atoms with Gasteiger partial charge < -0.3 is 10.6 Å². The lowest BCUT2D eigenvalue weighted by atomic mass is 10.2. The monoisotopic (exact) mass is 312 g/mol. The summed E-state index contributed by atoms with van der Waals surface area (Å²) in [4.78, 5) is 0. The number of hydrogen-bond acceptors (Lipinski definition) is 1. The third-order valence-electron chi connectivity index (χ3n) is 2.61. The predicted molar refractivity (Wildman–Crippen MR) is 82.4 cm³/mol. The van der Waals surface area contributed by atoms with Gasteiger partial charge in [-0.05, 0) is 55.0 Å². The average Bonchev–Trinajstić information content (AvgIpc) is 2.37. The van der Waals surface area contributed by atoms with Crippen LogP contribution >= 0.6 is 23.8 Å². The zero-order chi connectivity index (χ0) is 14.7. The predicted octanol–water partition coefficient (Wildman–Crippen LogP) is 4.74. The van der Waals surface area contributed by atoms with E-state index in [-0.39, 0.29) is 16.6 Å². The Kier molecular flexibility index (Phi) is 4.52. The van der Waals surface area contributed by atoms with Crippen molar-refractivity contribution >= 4 is 40.3 Å². The maximum Gasteiger partial charge on any atom is 0.175 e. The highest BCUT2D eigenvalue weighted by atomic mass is 35.5. The van der Waals surface area contributed by atoms with Crippen molar-refractivity contribution in [1.82, 2.24) is 0 Å². The van der Waals surface area contributed by atoms with Crippen LogP contribution in [0.4, 0.5) is 20.2 Å². The standard InChI is InChI=1S/C14H11ClF2N2S/c1-8-2-4-10(7-11(8)16)18-14(20)19-13-5-3-9(15)6-12(13)17/h2-7H,1H3,(H2,18,19,20). The molecule has 2 rings (SSSR count). The smallest absolute Gasteiger partial charge is 0.175 e. The van der Waals surface area contributed by atoms with Gasteiger partial charge in [-0.3, -0.25) is 0 Å². The molecule has 0 unspecified atom stereocenters. The molecule has 0 aliphatic heterocycles. The highest BCUT2D eigenvalue weighted by Crippen LogP contribution is 2.19. The number of thiocarbonyl (C=S) groups is 1. The van der Waals surface area contributed by atoms with Crippen LogP contribution in [-0.4, -0.2) is 5.11 Å². The van der Waals surface area contributed by atoms with Crippen molar-refractivity contribution in [1.29, 1.82) is 0 Å². The lowest BCUT2D eigenvalue weighted by Gasteiger charge is -2.11. The van der Waals surface area contributed by atoms with Gasteiger partial charge in [0.25, 0.3) is 0 Å². The Morgan fingerprint density at radius 2 is 1.80 bits per heavy atom. The molecular weight excluding hydrogens is 302 g/mol. The Bertz CT molecular complexity index is 662. The van der Waals surface area contributed by atoms with Gasteiger partial charge in [-0.15, -0.1) is 0 Å². The SMILES string of the molecule is Cc1ccc(NC(=S)Nc2ccc(Cl)cc2F)cc1F. The molecule has 0 amide bonds. The molecular formula is C14H11ClF2N2S. The topological polar surface area (TPSA) is 24.1 Å². The molecule has 0 saturated carbocycles. The van der Waals surface area contributed by atoms with Crippen molar-refractivity contribution in [3.05, 3.63) is 58.6 Å². The van der Waals surface area contributed by atoms with Crippen molar-refractivity contribution in [3.63, 3.8) is 0 Å². The molecule has 0 spiro atoms. The number of aryl methyl sites for hydroxylation is 1. The zero-order valence-corrected chi connectivity index (χ0v) is 12.1. The molecule has 20 heavy (non-hydrogen) atoms. The quantitative estimate of drug-likeness (QED) is 0.784. The maximum absolute atomic E-state index is 13.6. The van der Waals surface area contributed by atoms with Gasteiger partial charge in [0.15, 0.2) is 5.11 Å². The molecule has 2 aromatic rings. The minimum atomic E-state index is -0.517. The van der Waals surface area contributed by atoms with Crippen LogP contribution in [0.2, 0.25) is 5.02 Å². The second kappa shape index (κ2) is 6.15. The van der Waals surface area contributed by atoms with Crippen molar-refractivity contribution in [2.45, 2.75) is 6.92 Å². The van der Waals surface area contributed by atoms with E-state index < -0.39 is 5.82 Å². The van der Waals surface area contributed by atoms with Crippen LogP contribution in [0.25, 0.3) is 0 Å². The minimum Gasteiger partial charge on any atom is -0.332 e. The second-order valence-corrected chi connectivity index (χ2v) is 5.01. The molecule has 104 valence electrons. The first-order valence-corrected chi connectivity index (χ1v) is 6.53. The Labute approximate surface area is 125 Å². The highest BCUT2D eigenvalue weighted by molar-refractivity contribution is 7.80. The molecule has 0 radical (unpaired) electrons. The van der Waals surface area contributed by atoms with Gasteiger partial charge in [-0.25, -0.2) is 8.78 Å². The molecule has 0 heterocycles. The third-order valence-corrected chi connectivity index (χ3v) is 3.05. The summed E-state index contributed by atoms with van der Waals surface area (Å²) >= 11 is 10.7. The number of anilines is 2. The van der Waals surface area contributed by atoms with Crippen LogP contribution < -0.4 is 10.6 Å². The van der Waals surface area contributed by atoms with E-state index in [0.717, 1.165) is 0 Å². The normalized spacial score (nSPS) is 10.2. The zero-order valence-electron chi connectivity index (χ0n) is 10.5. The van der Waals surface area contributed by atoms with E-state index >= 15 is 0 Å². The van der Waals surface area contributed by atoms with Crippen molar-refractivity contribution < 1.29 is 8.78 Å².